The number of phenols is 1. The minimum absolute atomic E-state index is 0.0614. The van der Waals surface area contributed by atoms with Gasteiger partial charge in [0.1, 0.15) is 29.6 Å². The summed E-state index contributed by atoms with van der Waals surface area (Å²) < 4.78 is 54.3. The minimum Gasteiger partial charge on any atom is -0.508 e. The third kappa shape index (κ3) is 5.11. The molecule has 1 aliphatic heterocycles. The summed E-state index contributed by atoms with van der Waals surface area (Å²) in [6, 6.07) is 17.0. The molecule has 1 aliphatic rings. The third-order valence-electron chi connectivity index (χ3n) is 6.45. The van der Waals surface area contributed by atoms with Gasteiger partial charge in [-0.3, -0.25) is 4.90 Å². The van der Waals surface area contributed by atoms with Gasteiger partial charge in [0.25, 0.3) is 0 Å². The zero-order valence-corrected chi connectivity index (χ0v) is 19.6. The van der Waals surface area contributed by atoms with Crippen molar-refractivity contribution in [1.29, 1.82) is 0 Å². The summed E-state index contributed by atoms with van der Waals surface area (Å²) in [6.07, 6.45) is 3.76. The second-order valence-electron chi connectivity index (χ2n) is 8.89. The molecule has 0 amide bonds. The second-order valence-corrected chi connectivity index (χ2v) is 8.89. The largest absolute Gasteiger partial charge is 0.508 e. The molecule has 0 bridgehead atoms. The molecule has 0 aliphatic carbocycles. The molecule has 1 fully saturated rings. The summed E-state index contributed by atoms with van der Waals surface area (Å²) in [6.45, 7) is 3.69. The Labute approximate surface area is 207 Å². The molecule has 7 heteroatoms. The molecule has 1 heterocycles. The van der Waals surface area contributed by atoms with Crippen LogP contribution in [-0.4, -0.2) is 36.2 Å². The Morgan fingerprint density at radius 1 is 0.750 bits per heavy atom. The monoisotopic (exact) mass is 493 g/mol. The van der Waals surface area contributed by atoms with Gasteiger partial charge in [-0.05, 0) is 92.0 Å². The number of hydrogen-bond donors (Lipinski definition) is 1. The van der Waals surface area contributed by atoms with E-state index >= 15 is 0 Å². The lowest BCUT2D eigenvalue weighted by atomic mass is 9.98. The Bertz CT molecular complexity index is 1370. The molecule has 0 radical (unpaired) electrons. The van der Waals surface area contributed by atoms with Gasteiger partial charge in [0.2, 0.25) is 0 Å². The molecule has 36 heavy (non-hydrogen) atoms. The fraction of sp³-hybridized carbons (Fsp3) is 0.241. The quantitative estimate of drug-likeness (QED) is 0.275. The van der Waals surface area contributed by atoms with Gasteiger partial charge in [0.05, 0.1) is 0 Å². The summed E-state index contributed by atoms with van der Waals surface area (Å²) in [5.74, 6) is -2.62. The lowest BCUT2D eigenvalue weighted by Gasteiger charge is -2.26. The van der Waals surface area contributed by atoms with E-state index < -0.39 is 17.5 Å². The van der Waals surface area contributed by atoms with Gasteiger partial charge >= 0.3 is 0 Å². The van der Waals surface area contributed by atoms with Crippen molar-refractivity contribution in [3.8, 4) is 34.1 Å². The Morgan fingerprint density at radius 3 is 2.25 bits per heavy atom. The van der Waals surface area contributed by atoms with E-state index in [0.29, 0.717) is 28.9 Å². The topological polar surface area (TPSA) is 41.9 Å². The highest BCUT2D eigenvalue weighted by atomic mass is 19.2. The molecule has 0 spiro atoms. The summed E-state index contributed by atoms with van der Waals surface area (Å²) in [4.78, 5) is 2.40. The average Bonchev–Trinajstić information content (AvgIpc) is 2.89. The predicted octanol–water partition coefficient (Wildman–Crippen LogP) is 7.29. The molecule has 1 saturated heterocycles. The van der Waals surface area contributed by atoms with E-state index in [-0.39, 0.29) is 22.6 Å². The van der Waals surface area contributed by atoms with Crippen molar-refractivity contribution in [3.05, 3.63) is 84.2 Å². The van der Waals surface area contributed by atoms with Gasteiger partial charge in [0, 0.05) is 23.1 Å². The first-order chi connectivity index (χ1) is 17.5. The fourth-order valence-electron chi connectivity index (χ4n) is 4.54. The van der Waals surface area contributed by atoms with Crippen LogP contribution in [0.25, 0.3) is 21.9 Å². The third-order valence-corrected chi connectivity index (χ3v) is 6.45. The van der Waals surface area contributed by atoms with Crippen LogP contribution in [0.4, 0.5) is 13.2 Å². The van der Waals surface area contributed by atoms with E-state index in [9.17, 15) is 18.3 Å². The molecular weight excluding hydrogens is 467 g/mol. The maximum Gasteiger partial charge on any atom is 0.195 e. The van der Waals surface area contributed by atoms with Crippen molar-refractivity contribution in [3.63, 3.8) is 0 Å². The normalized spacial score (nSPS) is 14.2. The van der Waals surface area contributed by atoms with Crippen molar-refractivity contribution in [2.75, 3.05) is 26.2 Å². The van der Waals surface area contributed by atoms with Gasteiger partial charge in [-0.2, -0.15) is 0 Å². The van der Waals surface area contributed by atoms with Gasteiger partial charge in [-0.1, -0.05) is 12.5 Å². The van der Waals surface area contributed by atoms with Crippen LogP contribution in [0.1, 0.15) is 19.3 Å². The zero-order valence-electron chi connectivity index (χ0n) is 19.6. The Balaban J connectivity index is 1.41. The first-order valence-corrected chi connectivity index (χ1v) is 12.0. The highest BCUT2D eigenvalue weighted by Crippen LogP contribution is 2.42. The summed E-state index contributed by atoms with van der Waals surface area (Å²) in [5, 5.41) is 11.1. The number of likely N-dealkylation sites (tertiary alicyclic amines) is 1. The molecular formula is C29H26F3NO3. The van der Waals surface area contributed by atoms with Gasteiger partial charge < -0.3 is 14.6 Å². The standard InChI is InChI=1S/C29H26F3NO3/c30-26-13-12-24(27(31)28(26)32)25-10-4-19-18-20(34)5-11-23(19)29(25)36-22-8-6-21(7-9-22)35-17-16-33-14-2-1-3-15-33/h4-13,18,34H,1-3,14-17H2. The molecule has 4 aromatic carbocycles. The van der Waals surface area contributed by atoms with Crippen molar-refractivity contribution in [2.24, 2.45) is 0 Å². The Hall–Kier alpha value is -3.71. The number of hydrogen-bond acceptors (Lipinski definition) is 4. The summed E-state index contributed by atoms with van der Waals surface area (Å²) in [5.41, 5.74) is 0.128. The molecule has 186 valence electrons. The Morgan fingerprint density at radius 2 is 1.47 bits per heavy atom. The fourth-order valence-corrected chi connectivity index (χ4v) is 4.54. The van der Waals surface area contributed by atoms with Crippen LogP contribution < -0.4 is 9.47 Å². The smallest absolute Gasteiger partial charge is 0.195 e. The lowest BCUT2D eigenvalue weighted by molar-refractivity contribution is 0.183. The molecule has 0 aromatic heterocycles. The number of halogens is 3. The highest BCUT2D eigenvalue weighted by molar-refractivity contribution is 5.96. The second kappa shape index (κ2) is 10.5. The van der Waals surface area contributed by atoms with Gasteiger partial charge in [0.15, 0.2) is 17.5 Å². The van der Waals surface area contributed by atoms with E-state index in [4.69, 9.17) is 9.47 Å². The first kappa shape index (κ1) is 24.0. The molecule has 1 N–H and O–H groups in total. The predicted molar refractivity (Wildman–Crippen MR) is 133 cm³/mol. The first-order valence-electron chi connectivity index (χ1n) is 12.0. The summed E-state index contributed by atoms with van der Waals surface area (Å²) in [7, 11) is 0. The summed E-state index contributed by atoms with van der Waals surface area (Å²) >= 11 is 0. The molecule has 0 atom stereocenters. The molecule has 5 rings (SSSR count). The number of nitrogens with zero attached hydrogens (tertiary/aromatic N) is 1. The van der Waals surface area contributed by atoms with E-state index in [2.05, 4.69) is 4.90 Å². The zero-order chi connectivity index (χ0) is 25.1. The number of aromatic hydroxyl groups is 1. The average molecular weight is 494 g/mol. The number of phenolic OH excluding ortho intramolecular Hbond substituents is 1. The highest BCUT2D eigenvalue weighted by Gasteiger charge is 2.20. The number of rotatable bonds is 7. The van der Waals surface area contributed by atoms with Crippen LogP contribution in [0.3, 0.4) is 0 Å². The minimum atomic E-state index is -1.55. The Kier molecular flexibility index (Phi) is 7.00. The number of ether oxygens (including phenoxy) is 2. The van der Waals surface area contributed by atoms with Crippen LogP contribution >= 0.6 is 0 Å². The maximum atomic E-state index is 14.7. The van der Waals surface area contributed by atoms with E-state index in [0.717, 1.165) is 25.7 Å². The molecule has 4 aromatic rings. The van der Waals surface area contributed by atoms with Crippen LogP contribution in [0.2, 0.25) is 0 Å². The number of piperidine rings is 1. The van der Waals surface area contributed by atoms with Crippen LogP contribution in [0.15, 0.2) is 66.7 Å². The SMILES string of the molecule is Oc1ccc2c(Oc3ccc(OCCN4CCCCC4)cc3)c(-c3ccc(F)c(F)c3F)ccc2c1. The van der Waals surface area contributed by atoms with Crippen LogP contribution in [0.5, 0.6) is 23.0 Å². The lowest BCUT2D eigenvalue weighted by Crippen LogP contribution is -2.33. The van der Waals surface area contributed by atoms with Crippen molar-refractivity contribution in [1.82, 2.24) is 4.90 Å². The number of fused-ring (bicyclic) bond motifs is 1. The molecule has 0 unspecified atom stereocenters. The van der Waals surface area contributed by atoms with Gasteiger partial charge in [-0.15, -0.1) is 0 Å². The van der Waals surface area contributed by atoms with Gasteiger partial charge in [-0.25, -0.2) is 13.2 Å². The molecule has 0 saturated carbocycles. The van der Waals surface area contributed by atoms with Crippen molar-refractivity contribution >= 4 is 10.8 Å². The van der Waals surface area contributed by atoms with Crippen molar-refractivity contribution < 1.29 is 27.8 Å². The van der Waals surface area contributed by atoms with Crippen molar-refractivity contribution in [2.45, 2.75) is 19.3 Å². The van der Waals surface area contributed by atoms with E-state index in [1.165, 1.54) is 31.4 Å². The van der Waals surface area contributed by atoms with E-state index in [1.807, 2.05) is 0 Å². The van der Waals surface area contributed by atoms with Crippen LogP contribution in [0, 0.1) is 17.5 Å². The number of benzene rings is 4. The molecule has 4 nitrogen and oxygen atoms in total. The maximum absolute atomic E-state index is 14.7. The van der Waals surface area contributed by atoms with Crippen LogP contribution in [-0.2, 0) is 0 Å². The van der Waals surface area contributed by atoms with E-state index in [1.54, 1.807) is 48.5 Å².